The van der Waals surface area contributed by atoms with Crippen LogP contribution in [0.1, 0.15) is 6.42 Å². The zero-order valence-corrected chi connectivity index (χ0v) is 9.94. The number of aromatic nitrogens is 1. The molecule has 1 aromatic rings. The van der Waals surface area contributed by atoms with Crippen LogP contribution < -0.4 is 15.0 Å². The normalized spacial score (nSPS) is 20.1. The smallest absolute Gasteiger partial charge is 0.214 e. The zero-order chi connectivity index (χ0) is 11.4. The molecule has 16 heavy (non-hydrogen) atoms. The van der Waals surface area contributed by atoms with Crippen molar-refractivity contribution in [3.63, 3.8) is 0 Å². The monoisotopic (exact) mass is 221 g/mol. The van der Waals surface area contributed by atoms with Gasteiger partial charge in [0, 0.05) is 31.0 Å². The third-order valence-corrected chi connectivity index (χ3v) is 3.07. The van der Waals surface area contributed by atoms with E-state index in [1.54, 1.807) is 13.3 Å². The summed E-state index contributed by atoms with van der Waals surface area (Å²) in [5.41, 5.74) is 1.21. The highest BCUT2D eigenvalue weighted by atomic mass is 16.5. The molecule has 0 bridgehead atoms. The van der Waals surface area contributed by atoms with E-state index in [2.05, 4.69) is 15.2 Å². The van der Waals surface area contributed by atoms with Gasteiger partial charge in [-0.2, -0.15) is 0 Å². The van der Waals surface area contributed by atoms with Crippen LogP contribution in [0.25, 0.3) is 0 Å². The van der Waals surface area contributed by atoms with Crippen LogP contribution in [0.15, 0.2) is 18.3 Å². The Labute approximate surface area is 96.6 Å². The molecule has 1 aliphatic heterocycles. The van der Waals surface area contributed by atoms with Gasteiger partial charge in [0.25, 0.3) is 0 Å². The number of methoxy groups -OCH3 is 1. The lowest BCUT2D eigenvalue weighted by Gasteiger charge is -2.18. The van der Waals surface area contributed by atoms with Gasteiger partial charge in [-0.15, -0.1) is 0 Å². The van der Waals surface area contributed by atoms with Crippen molar-refractivity contribution < 1.29 is 4.74 Å². The molecule has 1 aromatic heterocycles. The molecule has 0 aromatic carbocycles. The van der Waals surface area contributed by atoms with Crippen molar-refractivity contribution in [1.82, 2.24) is 10.3 Å². The van der Waals surface area contributed by atoms with Gasteiger partial charge in [0.05, 0.1) is 7.11 Å². The summed E-state index contributed by atoms with van der Waals surface area (Å²) in [7, 11) is 3.66. The second-order valence-electron chi connectivity index (χ2n) is 4.21. The van der Waals surface area contributed by atoms with Crippen LogP contribution in [0.4, 0.5) is 5.69 Å². The average Bonchev–Trinajstić information content (AvgIpc) is 2.78. The van der Waals surface area contributed by atoms with Gasteiger partial charge < -0.3 is 15.0 Å². The first-order valence-electron chi connectivity index (χ1n) is 5.73. The van der Waals surface area contributed by atoms with Crippen molar-refractivity contribution in [2.24, 2.45) is 5.92 Å². The molecule has 1 saturated heterocycles. The molecule has 88 valence electrons. The second kappa shape index (κ2) is 5.16. The summed E-state index contributed by atoms with van der Waals surface area (Å²) in [6.07, 6.45) is 3.06. The molecular formula is C12H19N3O. The fraction of sp³-hybridized carbons (Fsp3) is 0.583. The first-order valence-corrected chi connectivity index (χ1v) is 5.73. The number of hydrogen-bond acceptors (Lipinski definition) is 4. The van der Waals surface area contributed by atoms with Crippen molar-refractivity contribution >= 4 is 5.69 Å². The van der Waals surface area contributed by atoms with Gasteiger partial charge in [-0.1, -0.05) is 0 Å². The Balaban J connectivity index is 2.02. The van der Waals surface area contributed by atoms with E-state index < -0.39 is 0 Å². The van der Waals surface area contributed by atoms with Crippen LogP contribution in [0.3, 0.4) is 0 Å². The molecular weight excluding hydrogens is 202 g/mol. The first-order chi connectivity index (χ1) is 7.83. The summed E-state index contributed by atoms with van der Waals surface area (Å²) < 4.78 is 5.14. The van der Waals surface area contributed by atoms with Gasteiger partial charge in [0.15, 0.2) is 0 Å². The number of rotatable bonds is 4. The molecule has 0 saturated carbocycles. The average molecular weight is 221 g/mol. The van der Waals surface area contributed by atoms with Crippen LogP contribution in [0.2, 0.25) is 0 Å². The predicted octanol–water partition coefficient (Wildman–Crippen LogP) is 1.14. The molecule has 1 N–H and O–H groups in total. The van der Waals surface area contributed by atoms with Crippen LogP contribution in [0, 0.1) is 5.92 Å². The standard InChI is InChI=1S/C12H19N3O/c1-13-8-10-4-6-15(9-10)11-3-5-14-12(7-11)16-2/h3,5,7,10,13H,4,6,8-9H2,1-2H3. The van der Waals surface area contributed by atoms with Crippen molar-refractivity contribution in [2.75, 3.05) is 38.7 Å². The van der Waals surface area contributed by atoms with Gasteiger partial charge in [0.2, 0.25) is 5.88 Å². The SMILES string of the molecule is CNCC1CCN(c2ccnc(OC)c2)C1. The maximum absolute atomic E-state index is 5.14. The minimum atomic E-state index is 0.689. The van der Waals surface area contributed by atoms with Crippen molar-refractivity contribution in [3.8, 4) is 5.88 Å². The lowest BCUT2D eigenvalue weighted by atomic mass is 10.1. The molecule has 1 atom stereocenters. The van der Waals surface area contributed by atoms with Gasteiger partial charge >= 0.3 is 0 Å². The fourth-order valence-electron chi connectivity index (χ4n) is 2.23. The van der Waals surface area contributed by atoms with Crippen molar-refractivity contribution in [2.45, 2.75) is 6.42 Å². The highest BCUT2D eigenvalue weighted by Gasteiger charge is 2.22. The number of hydrogen-bond donors (Lipinski definition) is 1. The summed E-state index contributed by atoms with van der Waals surface area (Å²) in [5, 5.41) is 3.24. The Morgan fingerprint density at radius 3 is 3.25 bits per heavy atom. The van der Waals surface area contributed by atoms with Crippen LogP contribution >= 0.6 is 0 Å². The Morgan fingerprint density at radius 2 is 2.50 bits per heavy atom. The topological polar surface area (TPSA) is 37.4 Å². The molecule has 1 aliphatic rings. The quantitative estimate of drug-likeness (QED) is 0.827. The number of ether oxygens (including phenoxy) is 1. The zero-order valence-electron chi connectivity index (χ0n) is 9.94. The molecule has 0 spiro atoms. The summed E-state index contributed by atoms with van der Waals surface area (Å²) in [5.74, 6) is 1.44. The third-order valence-electron chi connectivity index (χ3n) is 3.07. The highest BCUT2D eigenvalue weighted by Crippen LogP contribution is 2.25. The summed E-state index contributed by atoms with van der Waals surface area (Å²) in [4.78, 5) is 6.52. The molecule has 1 fully saturated rings. The van der Waals surface area contributed by atoms with Gasteiger partial charge in [-0.3, -0.25) is 0 Å². The molecule has 0 aliphatic carbocycles. The Kier molecular flexibility index (Phi) is 3.62. The molecule has 4 nitrogen and oxygen atoms in total. The number of nitrogens with zero attached hydrogens (tertiary/aromatic N) is 2. The maximum Gasteiger partial charge on any atom is 0.214 e. The summed E-state index contributed by atoms with van der Waals surface area (Å²) >= 11 is 0. The van der Waals surface area contributed by atoms with E-state index in [1.807, 2.05) is 19.2 Å². The van der Waals surface area contributed by atoms with Crippen LogP contribution in [-0.2, 0) is 0 Å². The largest absolute Gasteiger partial charge is 0.481 e. The lowest BCUT2D eigenvalue weighted by molar-refractivity contribution is 0.398. The number of pyridine rings is 1. The van der Waals surface area contributed by atoms with Crippen LogP contribution in [-0.4, -0.2) is 38.8 Å². The highest BCUT2D eigenvalue weighted by molar-refractivity contribution is 5.48. The Bertz CT molecular complexity index is 343. The summed E-state index contributed by atoms with van der Waals surface area (Å²) in [6.45, 7) is 3.34. The lowest BCUT2D eigenvalue weighted by Crippen LogP contribution is -2.24. The molecule has 1 unspecified atom stereocenters. The van der Waals surface area contributed by atoms with Gasteiger partial charge in [0.1, 0.15) is 0 Å². The summed E-state index contributed by atoms with van der Waals surface area (Å²) in [6, 6.07) is 4.05. The van der Waals surface area contributed by atoms with E-state index in [9.17, 15) is 0 Å². The molecule has 2 heterocycles. The maximum atomic E-state index is 5.14. The van der Waals surface area contributed by atoms with E-state index in [0.717, 1.165) is 25.6 Å². The minimum absolute atomic E-state index is 0.689. The van der Waals surface area contributed by atoms with Crippen LogP contribution in [0.5, 0.6) is 5.88 Å². The molecule has 0 radical (unpaired) electrons. The Hall–Kier alpha value is -1.29. The number of anilines is 1. The minimum Gasteiger partial charge on any atom is -0.481 e. The molecule has 0 amide bonds. The Morgan fingerprint density at radius 1 is 1.62 bits per heavy atom. The van der Waals surface area contributed by atoms with E-state index >= 15 is 0 Å². The van der Waals surface area contributed by atoms with Gasteiger partial charge in [-0.05, 0) is 32.0 Å². The second-order valence-corrected chi connectivity index (χ2v) is 4.21. The van der Waals surface area contributed by atoms with E-state index in [0.29, 0.717) is 5.88 Å². The fourth-order valence-corrected chi connectivity index (χ4v) is 2.23. The van der Waals surface area contributed by atoms with Gasteiger partial charge in [-0.25, -0.2) is 4.98 Å². The van der Waals surface area contributed by atoms with E-state index in [-0.39, 0.29) is 0 Å². The number of nitrogens with one attached hydrogen (secondary N) is 1. The van der Waals surface area contributed by atoms with Crippen molar-refractivity contribution in [3.05, 3.63) is 18.3 Å². The molecule has 2 rings (SSSR count). The van der Waals surface area contributed by atoms with E-state index in [4.69, 9.17) is 4.74 Å². The van der Waals surface area contributed by atoms with Crippen molar-refractivity contribution in [1.29, 1.82) is 0 Å². The third kappa shape index (κ3) is 2.44. The molecule has 4 heteroatoms. The van der Waals surface area contributed by atoms with E-state index in [1.165, 1.54) is 12.1 Å². The first kappa shape index (κ1) is 11.2. The predicted molar refractivity (Wildman–Crippen MR) is 65.0 cm³/mol.